The van der Waals surface area contributed by atoms with Gasteiger partial charge in [-0.3, -0.25) is 9.69 Å². The minimum atomic E-state index is -0.760. The van der Waals surface area contributed by atoms with Gasteiger partial charge in [-0.1, -0.05) is 0 Å². The summed E-state index contributed by atoms with van der Waals surface area (Å²) >= 11 is 0. The molecule has 0 aromatic carbocycles. The van der Waals surface area contributed by atoms with Crippen molar-refractivity contribution in [1.29, 1.82) is 0 Å². The predicted molar refractivity (Wildman–Crippen MR) is 102 cm³/mol. The fourth-order valence-electron chi connectivity index (χ4n) is 3.09. The number of hydrogen-bond donors (Lipinski definition) is 2. The fraction of sp³-hybridized carbons (Fsp3) is 0.526. The first-order valence-electron chi connectivity index (χ1n) is 9.38. The van der Waals surface area contributed by atoms with Crippen LogP contribution in [0.15, 0.2) is 34.1 Å². The summed E-state index contributed by atoms with van der Waals surface area (Å²) in [4.78, 5) is 40.6. The summed E-state index contributed by atoms with van der Waals surface area (Å²) in [6.07, 6.45) is 1.47. The van der Waals surface area contributed by atoms with Crippen molar-refractivity contribution >= 4 is 17.9 Å². The molecule has 1 aromatic heterocycles. The molecule has 1 atom stereocenters. The normalized spacial score (nSPS) is 16.6. The standard InChI is InChI=1S/C19H28N4O5/c1-5-23(6-2)15(24)12-22(4)11-13-16(18(25)27-7-3)17(21-19(26)20-13)14-9-8-10-28-14/h8-10,17H,5-7,11-12H2,1-4H3,(H2,20,21,26)/t17-/m0/s1. The quantitative estimate of drug-likeness (QED) is 0.613. The predicted octanol–water partition coefficient (Wildman–Crippen LogP) is 1.25. The van der Waals surface area contributed by atoms with Gasteiger partial charge in [0.25, 0.3) is 0 Å². The molecule has 0 aliphatic carbocycles. The van der Waals surface area contributed by atoms with E-state index in [4.69, 9.17) is 9.15 Å². The van der Waals surface area contributed by atoms with Crippen LogP contribution in [-0.2, 0) is 14.3 Å². The van der Waals surface area contributed by atoms with Crippen LogP contribution < -0.4 is 10.6 Å². The number of ether oxygens (including phenoxy) is 1. The summed E-state index contributed by atoms with van der Waals surface area (Å²) < 4.78 is 10.6. The molecule has 28 heavy (non-hydrogen) atoms. The second kappa shape index (κ2) is 9.93. The van der Waals surface area contributed by atoms with Crippen molar-refractivity contribution in [2.75, 3.05) is 39.8 Å². The molecule has 0 unspecified atom stereocenters. The van der Waals surface area contributed by atoms with Crippen LogP contribution in [0.2, 0.25) is 0 Å². The van der Waals surface area contributed by atoms with Crippen molar-refractivity contribution in [3.63, 3.8) is 0 Å². The number of nitrogens with one attached hydrogen (secondary N) is 2. The van der Waals surface area contributed by atoms with E-state index < -0.39 is 18.0 Å². The van der Waals surface area contributed by atoms with Crippen LogP contribution in [0.1, 0.15) is 32.6 Å². The van der Waals surface area contributed by atoms with Gasteiger partial charge in [-0.15, -0.1) is 0 Å². The summed E-state index contributed by atoms with van der Waals surface area (Å²) in [7, 11) is 1.76. The molecule has 154 valence electrons. The maximum absolute atomic E-state index is 12.6. The molecule has 9 nitrogen and oxygen atoms in total. The Morgan fingerprint density at radius 2 is 1.96 bits per heavy atom. The van der Waals surface area contributed by atoms with Crippen LogP contribution in [0.3, 0.4) is 0 Å². The van der Waals surface area contributed by atoms with E-state index in [1.54, 1.807) is 35.9 Å². The van der Waals surface area contributed by atoms with E-state index in [0.717, 1.165) is 0 Å². The molecular weight excluding hydrogens is 364 g/mol. The lowest BCUT2D eigenvalue weighted by Gasteiger charge is -2.30. The van der Waals surface area contributed by atoms with E-state index in [1.807, 2.05) is 13.8 Å². The topological polar surface area (TPSA) is 104 Å². The first-order valence-corrected chi connectivity index (χ1v) is 9.38. The Bertz CT molecular complexity index is 725. The molecule has 0 radical (unpaired) electrons. The van der Waals surface area contributed by atoms with Gasteiger partial charge in [0.1, 0.15) is 11.8 Å². The molecule has 2 heterocycles. The molecule has 0 bridgehead atoms. The van der Waals surface area contributed by atoms with E-state index >= 15 is 0 Å². The molecule has 2 rings (SSSR count). The van der Waals surface area contributed by atoms with Crippen molar-refractivity contribution in [1.82, 2.24) is 20.4 Å². The van der Waals surface area contributed by atoms with E-state index in [0.29, 0.717) is 24.5 Å². The molecule has 1 aliphatic heterocycles. The second-order valence-electron chi connectivity index (χ2n) is 6.40. The maximum Gasteiger partial charge on any atom is 0.338 e. The number of amides is 3. The highest BCUT2D eigenvalue weighted by molar-refractivity contribution is 5.95. The minimum absolute atomic E-state index is 0.0198. The lowest BCUT2D eigenvalue weighted by atomic mass is 10.00. The third kappa shape index (κ3) is 5.13. The highest BCUT2D eigenvalue weighted by Gasteiger charge is 2.35. The molecule has 0 saturated heterocycles. The molecule has 1 aliphatic rings. The van der Waals surface area contributed by atoms with E-state index in [1.165, 1.54) is 6.26 Å². The maximum atomic E-state index is 12.6. The number of hydrogen-bond acceptors (Lipinski definition) is 6. The van der Waals surface area contributed by atoms with Crippen LogP contribution in [-0.4, -0.2) is 67.5 Å². The van der Waals surface area contributed by atoms with Gasteiger partial charge in [-0.25, -0.2) is 9.59 Å². The second-order valence-corrected chi connectivity index (χ2v) is 6.40. The Hall–Kier alpha value is -2.81. The summed E-state index contributed by atoms with van der Waals surface area (Å²) in [6, 6.07) is 2.15. The largest absolute Gasteiger partial charge is 0.467 e. The summed E-state index contributed by atoms with van der Waals surface area (Å²) in [5.41, 5.74) is 0.650. The molecule has 0 saturated carbocycles. The molecule has 1 aromatic rings. The Labute approximate surface area is 164 Å². The smallest absolute Gasteiger partial charge is 0.338 e. The van der Waals surface area contributed by atoms with Crippen molar-refractivity contribution in [3.8, 4) is 0 Å². The number of esters is 1. The Balaban J connectivity index is 2.29. The zero-order valence-corrected chi connectivity index (χ0v) is 16.8. The van der Waals surface area contributed by atoms with Gasteiger partial charge in [0.2, 0.25) is 5.91 Å². The molecule has 0 spiro atoms. The summed E-state index contributed by atoms with van der Waals surface area (Å²) in [5.74, 6) is -0.138. The van der Waals surface area contributed by atoms with Gasteiger partial charge >= 0.3 is 12.0 Å². The van der Waals surface area contributed by atoms with Crippen molar-refractivity contribution in [3.05, 3.63) is 35.4 Å². The number of furan rings is 1. The van der Waals surface area contributed by atoms with Gasteiger partial charge in [0, 0.05) is 25.3 Å². The number of urea groups is 1. The minimum Gasteiger partial charge on any atom is -0.467 e. The van der Waals surface area contributed by atoms with E-state index in [9.17, 15) is 14.4 Å². The highest BCUT2D eigenvalue weighted by atomic mass is 16.5. The van der Waals surface area contributed by atoms with Crippen molar-refractivity contribution in [2.24, 2.45) is 0 Å². The first-order chi connectivity index (χ1) is 13.4. The van der Waals surface area contributed by atoms with Crippen molar-refractivity contribution in [2.45, 2.75) is 26.8 Å². The SMILES string of the molecule is CCOC(=O)C1=C(CN(C)CC(=O)N(CC)CC)NC(=O)N[C@H]1c1ccco1. The third-order valence-corrected chi connectivity index (χ3v) is 4.43. The van der Waals surface area contributed by atoms with Crippen LogP contribution in [0.4, 0.5) is 4.79 Å². The zero-order valence-electron chi connectivity index (χ0n) is 16.8. The number of rotatable bonds is 9. The molecule has 0 fully saturated rings. The summed E-state index contributed by atoms with van der Waals surface area (Å²) in [6.45, 7) is 7.37. The molecule has 3 amide bonds. The van der Waals surface area contributed by atoms with Gasteiger partial charge < -0.3 is 24.7 Å². The Kier molecular flexibility index (Phi) is 7.62. The fourth-order valence-corrected chi connectivity index (χ4v) is 3.09. The van der Waals surface area contributed by atoms with Crippen LogP contribution >= 0.6 is 0 Å². The third-order valence-electron chi connectivity index (χ3n) is 4.43. The van der Waals surface area contributed by atoms with E-state index in [-0.39, 0.29) is 31.2 Å². The summed E-state index contributed by atoms with van der Waals surface area (Å²) in [5, 5.41) is 5.37. The molecular formula is C19H28N4O5. The Morgan fingerprint density at radius 1 is 1.25 bits per heavy atom. The van der Waals surface area contributed by atoms with Gasteiger partial charge in [-0.2, -0.15) is 0 Å². The van der Waals surface area contributed by atoms with Crippen molar-refractivity contribution < 1.29 is 23.5 Å². The molecule has 9 heteroatoms. The van der Waals surface area contributed by atoms with Crippen LogP contribution in [0, 0.1) is 0 Å². The number of carbonyl (C=O) groups is 3. The average molecular weight is 392 g/mol. The number of carbonyl (C=O) groups excluding carboxylic acids is 3. The number of likely N-dealkylation sites (N-methyl/N-ethyl adjacent to an activating group) is 2. The first kappa shape index (κ1) is 21.5. The lowest BCUT2D eigenvalue weighted by molar-refractivity contribution is -0.139. The van der Waals surface area contributed by atoms with Gasteiger partial charge in [0.05, 0.1) is 25.0 Å². The van der Waals surface area contributed by atoms with Crippen LogP contribution in [0.5, 0.6) is 0 Å². The zero-order chi connectivity index (χ0) is 20.7. The Morgan fingerprint density at radius 3 is 2.54 bits per heavy atom. The number of nitrogens with zero attached hydrogens (tertiary/aromatic N) is 2. The van der Waals surface area contributed by atoms with Gasteiger partial charge in [0.15, 0.2) is 0 Å². The van der Waals surface area contributed by atoms with Crippen LogP contribution in [0.25, 0.3) is 0 Å². The average Bonchev–Trinajstić information content (AvgIpc) is 3.16. The molecule has 2 N–H and O–H groups in total. The van der Waals surface area contributed by atoms with E-state index in [2.05, 4.69) is 10.6 Å². The van der Waals surface area contributed by atoms with Gasteiger partial charge in [-0.05, 0) is 40.0 Å². The highest BCUT2D eigenvalue weighted by Crippen LogP contribution is 2.28. The lowest BCUT2D eigenvalue weighted by Crippen LogP contribution is -2.49. The monoisotopic (exact) mass is 392 g/mol.